The second-order valence-electron chi connectivity index (χ2n) is 3.12. The van der Waals surface area contributed by atoms with Gasteiger partial charge in [-0.05, 0) is 40.0 Å². The van der Waals surface area contributed by atoms with E-state index in [2.05, 4.69) is 27.5 Å². The van der Waals surface area contributed by atoms with Gasteiger partial charge in [0.05, 0.1) is 0 Å². The van der Waals surface area contributed by atoms with Crippen molar-refractivity contribution in [2.45, 2.75) is 6.42 Å². The lowest BCUT2D eigenvalue weighted by molar-refractivity contribution is 0.628. The molecule has 1 aromatic heterocycles. The Labute approximate surface area is 89.8 Å². The predicted octanol–water partition coefficient (Wildman–Crippen LogP) is 3.80. The zero-order valence-corrected chi connectivity index (χ0v) is 9.07. The summed E-state index contributed by atoms with van der Waals surface area (Å²) in [5.74, 6) is -0.239. The molecular formula is C11H9BrFN. The highest BCUT2D eigenvalue weighted by Gasteiger charge is 2.07. The fourth-order valence-corrected chi connectivity index (χ4v) is 2.25. The van der Waals surface area contributed by atoms with Gasteiger partial charge in [-0.15, -0.1) is 6.58 Å². The molecule has 2 aromatic rings. The standard InChI is InChI=1S/C11H9BrFN/c1-2-3-7-6-14-10-5-8(13)4-9(12)11(7)10/h2,4-6,14H,1,3H2. The van der Waals surface area contributed by atoms with Crippen molar-refractivity contribution >= 4 is 26.8 Å². The number of rotatable bonds is 2. The van der Waals surface area contributed by atoms with Crippen LogP contribution in [-0.2, 0) is 6.42 Å². The smallest absolute Gasteiger partial charge is 0.126 e. The first-order valence-electron chi connectivity index (χ1n) is 4.28. The maximum atomic E-state index is 13.0. The lowest BCUT2D eigenvalue weighted by Gasteiger charge is -1.98. The first-order chi connectivity index (χ1) is 6.72. The Hall–Kier alpha value is -1.09. The van der Waals surface area contributed by atoms with Gasteiger partial charge in [0.25, 0.3) is 0 Å². The molecule has 0 amide bonds. The van der Waals surface area contributed by atoms with Crippen LogP contribution in [0.4, 0.5) is 4.39 Å². The normalized spacial score (nSPS) is 10.7. The summed E-state index contributed by atoms with van der Waals surface area (Å²) < 4.78 is 13.8. The number of hydrogen-bond acceptors (Lipinski definition) is 0. The molecule has 0 aliphatic heterocycles. The molecule has 1 nitrogen and oxygen atoms in total. The Bertz CT molecular complexity index is 487. The van der Waals surface area contributed by atoms with Crippen molar-refractivity contribution in [2.24, 2.45) is 0 Å². The number of hydrogen-bond donors (Lipinski definition) is 1. The number of aromatic nitrogens is 1. The maximum Gasteiger partial charge on any atom is 0.126 e. The summed E-state index contributed by atoms with van der Waals surface area (Å²) in [5.41, 5.74) is 1.94. The summed E-state index contributed by atoms with van der Waals surface area (Å²) in [6.45, 7) is 3.69. The fraction of sp³-hybridized carbons (Fsp3) is 0.0909. The molecule has 72 valence electrons. The van der Waals surface area contributed by atoms with Crippen LogP contribution in [0.5, 0.6) is 0 Å². The molecule has 1 heterocycles. The summed E-state index contributed by atoms with van der Waals surface area (Å²) >= 11 is 3.35. The summed E-state index contributed by atoms with van der Waals surface area (Å²) in [4.78, 5) is 3.04. The molecule has 1 aromatic carbocycles. The highest BCUT2D eigenvalue weighted by atomic mass is 79.9. The van der Waals surface area contributed by atoms with E-state index < -0.39 is 0 Å². The van der Waals surface area contributed by atoms with Crippen molar-refractivity contribution in [3.05, 3.63) is 46.8 Å². The van der Waals surface area contributed by atoms with E-state index in [4.69, 9.17) is 0 Å². The van der Waals surface area contributed by atoms with E-state index in [-0.39, 0.29) is 5.82 Å². The number of nitrogens with one attached hydrogen (secondary N) is 1. The SMILES string of the molecule is C=CCc1c[nH]c2cc(F)cc(Br)c12. The average Bonchev–Trinajstić information content (AvgIpc) is 2.49. The Balaban J connectivity index is 2.72. The number of benzene rings is 1. The van der Waals surface area contributed by atoms with Crippen molar-refractivity contribution in [2.75, 3.05) is 0 Å². The summed E-state index contributed by atoms with van der Waals surface area (Å²) in [5, 5.41) is 1.03. The number of halogens is 2. The second-order valence-corrected chi connectivity index (χ2v) is 3.97. The average molecular weight is 254 g/mol. The Morgan fingerprint density at radius 1 is 1.50 bits per heavy atom. The molecule has 0 saturated heterocycles. The van der Waals surface area contributed by atoms with Crippen molar-refractivity contribution in [3.63, 3.8) is 0 Å². The number of aromatic amines is 1. The summed E-state index contributed by atoms with van der Waals surface area (Å²) in [6, 6.07) is 2.97. The van der Waals surface area contributed by atoms with Crippen molar-refractivity contribution in [3.8, 4) is 0 Å². The molecule has 1 N–H and O–H groups in total. The lowest BCUT2D eigenvalue weighted by atomic mass is 10.1. The van der Waals surface area contributed by atoms with Crippen LogP contribution in [0.25, 0.3) is 10.9 Å². The van der Waals surface area contributed by atoms with Crippen LogP contribution in [-0.4, -0.2) is 4.98 Å². The van der Waals surface area contributed by atoms with E-state index in [1.165, 1.54) is 12.1 Å². The van der Waals surface area contributed by atoms with Gasteiger partial charge in [-0.2, -0.15) is 0 Å². The maximum absolute atomic E-state index is 13.0. The minimum absolute atomic E-state index is 0.239. The highest BCUT2D eigenvalue weighted by Crippen LogP contribution is 2.28. The topological polar surface area (TPSA) is 15.8 Å². The molecule has 2 rings (SSSR count). The van der Waals surface area contributed by atoms with Crippen LogP contribution in [0.2, 0.25) is 0 Å². The molecule has 0 unspecified atom stereocenters. The molecule has 0 spiro atoms. The van der Waals surface area contributed by atoms with Crippen molar-refractivity contribution < 1.29 is 4.39 Å². The van der Waals surface area contributed by atoms with Crippen LogP contribution < -0.4 is 0 Å². The molecular weight excluding hydrogens is 245 g/mol. The Morgan fingerprint density at radius 2 is 2.29 bits per heavy atom. The molecule has 0 bridgehead atoms. The fourth-order valence-electron chi connectivity index (χ4n) is 1.57. The highest BCUT2D eigenvalue weighted by molar-refractivity contribution is 9.10. The van der Waals surface area contributed by atoms with E-state index in [9.17, 15) is 4.39 Å². The van der Waals surface area contributed by atoms with Crippen LogP contribution in [0, 0.1) is 5.82 Å². The molecule has 3 heteroatoms. The molecule has 0 radical (unpaired) electrons. The van der Waals surface area contributed by atoms with Gasteiger partial charge in [-0.3, -0.25) is 0 Å². The predicted molar refractivity (Wildman–Crippen MR) is 59.9 cm³/mol. The monoisotopic (exact) mass is 253 g/mol. The largest absolute Gasteiger partial charge is 0.361 e. The van der Waals surface area contributed by atoms with Crippen LogP contribution in [0.1, 0.15) is 5.56 Å². The molecule has 0 atom stereocenters. The summed E-state index contributed by atoms with van der Waals surface area (Å²) in [6.07, 6.45) is 4.50. The Morgan fingerprint density at radius 3 is 3.00 bits per heavy atom. The molecule has 0 aliphatic carbocycles. The quantitative estimate of drug-likeness (QED) is 0.784. The number of allylic oxidation sites excluding steroid dienone is 1. The van der Waals surface area contributed by atoms with Gasteiger partial charge in [0, 0.05) is 21.6 Å². The minimum atomic E-state index is -0.239. The van der Waals surface area contributed by atoms with Crippen LogP contribution in [0.3, 0.4) is 0 Å². The van der Waals surface area contributed by atoms with E-state index in [0.717, 1.165) is 27.4 Å². The van der Waals surface area contributed by atoms with Crippen molar-refractivity contribution in [1.82, 2.24) is 4.98 Å². The number of fused-ring (bicyclic) bond motifs is 1. The van der Waals surface area contributed by atoms with Gasteiger partial charge in [0.15, 0.2) is 0 Å². The van der Waals surface area contributed by atoms with Gasteiger partial charge >= 0.3 is 0 Å². The summed E-state index contributed by atoms with van der Waals surface area (Å²) in [7, 11) is 0. The van der Waals surface area contributed by atoms with Crippen LogP contribution in [0.15, 0.2) is 35.5 Å². The third kappa shape index (κ3) is 1.48. The molecule has 0 saturated carbocycles. The minimum Gasteiger partial charge on any atom is -0.361 e. The van der Waals surface area contributed by atoms with Gasteiger partial charge in [-0.1, -0.05) is 6.08 Å². The van der Waals surface area contributed by atoms with Crippen molar-refractivity contribution in [1.29, 1.82) is 0 Å². The molecule has 0 aliphatic rings. The van der Waals surface area contributed by atoms with Gasteiger partial charge in [0.1, 0.15) is 5.82 Å². The molecule has 14 heavy (non-hydrogen) atoms. The Kier molecular flexibility index (Phi) is 2.42. The van der Waals surface area contributed by atoms with Gasteiger partial charge < -0.3 is 4.98 Å². The third-order valence-corrected chi connectivity index (χ3v) is 2.77. The van der Waals surface area contributed by atoms with Crippen LogP contribution >= 0.6 is 15.9 Å². The third-order valence-electron chi connectivity index (χ3n) is 2.14. The number of H-pyrrole nitrogens is 1. The zero-order valence-electron chi connectivity index (χ0n) is 7.48. The second kappa shape index (κ2) is 3.58. The van der Waals surface area contributed by atoms with E-state index in [1.807, 2.05) is 12.3 Å². The van der Waals surface area contributed by atoms with E-state index >= 15 is 0 Å². The lowest BCUT2D eigenvalue weighted by Crippen LogP contribution is -1.80. The van der Waals surface area contributed by atoms with E-state index in [0.29, 0.717) is 0 Å². The van der Waals surface area contributed by atoms with E-state index in [1.54, 1.807) is 0 Å². The zero-order chi connectivity index (χ0) is 10.1. The first-order valence-corrected chi connectivity index (χ1v) is 5.07. The van der Waals surface area contributed by atoms with Gasteiger partial charge in [0.2, 0.25) is 0 Å². The first kappa shape index (κ1) is 9.46. The molecule has 0 fully saturated rings. The van der Waals surface area contributed by atoms with Gasteiger partial charge in [-0.25, -0.2) is 4.39 Å².